The summed E-state index contributed by atoms with van der Waals surface area (Å²) in [5.41, 5.74) is 0. The van der Waals surface area contributed by atoms with Crippen LogP contribution in [0.5, 0.6) is 0 Å². The molecule has 1 heterocycles. The van der Waals surface area contributed by atoms with E-state index in [0.29, 0.717) is 5.92 Å². The Bertz CT molecular complexity index is 336. The molecule has 1 N–H and O–H groups in total. The first-order chi connectivity index (χ1) is 8.07. The van der Waals surface area contributed by atoms with Gasteiger partial charge in [0.25, 0.3) is 0 Å². The summed E-state index contributed by atoms with van der Waals surface area (Å²) in [6, 6.07) is 0.173. The van der Waals surface area contributed by atoms with Crippen molar-refractivity contribution in [3.8, 4) is 0 Å². The molecule has 1 saturated heterocycles. The van der Waals surface area contributed by atoms with E-state index in [1.165, 1.54) is 6.26 Å². The fraction of sp³-hybridized carbons (Fsp3) is 1.00. The molecule has 1 aliphatic carbocycles. The van der Waals surface area contributed by atoms with E-state index in [-0.39, 0.29) is 11.3 Å². The first kappa shape index (κ1) is 13.3. The predicted molar refractivity (Wildman–Crippen MR) is 67.8 cm³/mol. The summed E-state index contributed by atoms with van der Waals surface area (Å²) in [5.74, 6) is 0.667. The molecule has 0 spiro atoms. The van der Waals surface area contributed by atoms with E-state index in [2.05, 4.69) is 5.32 Å². The lowest BCUT2D eigenvalue weighted by atomic mass is 10.1. The van der Waals surface area contributed by atoms with Crippen LogP contribution in [0.1, 0.15) is 32.1 Å². The van der Waals surface area contributed by atoms with Crippen molar-refractivity contribution in [1.82, 2.24) is 5.32 Å². The lowest BCUT2D eigenvalue weighted by Crippen LogP contribution is -2.40. The molecule has 3 unspecified atom stereocenters. The molecule has 0 bridgehead atoms. The normalized spacial score (nSPS) is 34.3. The van der Waals surface area contributed by atoms with E-state index in [0.717, 1.165) is 51.9 Å². The van der Waals surface area contributed by atoms with Crippen LogP contribution in [0.3, 0.4) is 0 Å². The largest absolute Gasteiger partial charge is 0.381 e. The lowest BCUT2D eigenvalue weighted by molar-refractivity contribution is 0.184. The maximum Gasteiger partial charge on any atom is 0.151 e. The Morgan fingerprint density at radius 2 is 2.12 bits per heavy atom. The molecule has 0 radical (unpaired) electrons. The van der Waals surface area contributed by atoms with Gasteiger partial charge < -0.3 is 10.1 Å². The minimum Gasteiger partial charge on any atom is -0.381 e. The first-order valence-corrected chi connectivity index (χ1v) is 8.53. The van der Waals surface area contributed by atoms with Crippen molar-refractivity contribution in [2.24, 2.45) is 5.92 Å². The van der Waals surface area contributed by atoms with Gasteiger partial charge in [-0.1, -0.05) is 6.42 Å². The van der Waals surface area contributed by atoms with E-state index in [1.54, 1.807) is 0 Å². The van der Waals surface area contributed by atoms with E-state index in [4.69, 9.17) is 4.74 Å². The monoisotopic (exact) mass is 261 g/mol. The van der Waals surface area contributed by atoms with Crippen LogP contribution in [0.25, 0.3) is 0 Å². The zero-order valence-corrected chi connectivity index (χ0v) is 11.3. The predicted octanol–water partition coefficient (Wildman–Crippen LogP) is 0.968. The zero-order valence-electron chi connectivity index (χ0n) is 10.5. The summed E-state index contributed by atoms with van der Waals surface area (Å²) < 4.78 is 28.5. The third kappa shape index (κ3) is 3.66. The maximum absolute atomic E-state index is 11.6. The third-order valence-electron chi connectivity index (χ3n) is 3.99. The molecule has 4 nitrogen and oxygen atoms in total. The van der Waals surface area contributed by atoms with Crippen molar-refractivity contribution in [2.75, 3.05) is 26.0 Å². The number of sulfone groups is 1. The van der Waals surface area contributed by atoms with Crippen molar-refractivity contribution in [2.45, 2.75) is 43.4 Å². The Hall–Kier alpha value is -0.130. The standard InChI is InChI=1S/C12H23NO3S/c1-17(14,15)12-4-2-3-11(12)13-7-5-10-6-8-16-9-10/h10-13H,2-9H2,1H3. The Morgan fingerprint density at radius 1 is 1.29 bits per heavy atom. The second kappa shape index (κ2) is 5.67. The van der Waals surface area contributed by atoms with E-state index < -0.39 is 9.84 Å². The van der Waals surface area contributed by atoms with Crippen LogP contribution >= 0.6 is 0 Å². The zero-order chi connectivity index (χ0) is 12.3. The number of hydrogen-bond acceptors (Lipinski definition) is 4. The van der Waals surface area contributed by atoms with Gasteiger partial charge in [-0.25, -0.2) is 8.42 Å². The quantitative estimate of drug-likeness (QED) is 0.801. The Labute approximate surface area is 104 Å². The summed E-state index contributed by atoms with van der Waals surface area (Å²) in [4.78, 5) is 0. The van der Waals surface area contributed by atoms with Gasteiger partial charge in [0.1, 0.15) is 0 Å². The van der Waals surface area contributed by atoms with Gasteiger partial charge in [-0.05, 0) is 38.1 Å². The second-order valence-corrected chi connectivity index (χ2v) is 7.64. The highest BCUT2D eigenvalue weighted by Gasteiger charge is 2.34. The highest BCUT2D eigenvalue weighted by atomic mass is 32.2. The van der Waals surface area contributed by atoms with Gasteiger partial charge in [-0.15, -0.1) is 0 Å². The Morgan fingerprint density at radius 3 is 2.76 bits per heavy atom. The van der Waals surface area contributed by atoms with Crippen LogP contribution < -0.4 is 5.32 Å². The molecule has 0 aromatic heterocycles. The summed E-state index contributed by atoms with van der Waals surface area (Å²) in [7, 11) is -2.89. The van der Waals surface area contributed by atoms with Crippen LogP contribution in [0, 0.1) is 5.92 Å². The highest BCUT2D eigenvalue weighted by molar-refractivity contribution is 7.91. The minimum absolute atomic E-state index is 0.165. The number of hydrogen-bond donors (Lipinski definition) is 1. The highest BCUT2D eigenvalue weighted by Crippen LogP contribution is 2.25. The van der Waals surface area contributed by atoms with Crippen LogP contribution in [0.2, 0.25) is 0 Å². The van der Waals surface area contributed by atoms with Crippen LogP contribution in [0.15, 0.2) is 0 Å². The van der Waals surface area contributed by atoms with Crippen molar-refractivity contribution >= 4 is 9.84 Å². The first-order valence-electron chi connectivity index (χ1n) is 6.57. The molecule has 0 amide bonds. The summed E-state index contributed by atoms with van der Waals surface area (Å²) in [6.07, 6.45) is 6.47. The smallest absolute Gasteiger partial charge is 0.151 e. The molecule has 5 heteroatoms. The molecule has 1 saturated carbocycles. The molecule has 0 aromatic rings. The topological polar surface area (TPSA) is 55.4 Å². The molecule has 2 aliphatic rings. The number of rotatable bonds is 5. The summed E-state index contributed by atoms with van der Waals surface area (Å²) in [5, 5.41) is 3.27. The van der Waals surface area contributed by atoms with Gasteiger partial charge in [-0.2, -0.15) is 0 Å². The summed E-state index contributed by atoms with van der Waals surface area (Å²) >= 11 is 0. The fourth-order valence-electron chi connectivity index (χ4n) is 2.96. The van der Waals surface area contributed by atoms with Crippen molar-refractivity contribution in [3.05, 3.63) is 0 Å². The molecular formula is C12H23NO3S. The average molecular weight is 261 g/mol. The van der Waals surface area contributed by atoms with E-state index in [9.17, 15) is 8.42 Å². The van der Waals surface area contributed by atoms with Crippen molar-refractivity contribution in [3.63, 3.8) is 0 Å². The molecular weight excluding hydrogens is 238 g/mol. The molecule has 3 atom stereocenters. The second-order valence-electron chi connectivity index (χ2n) is 5.38. The molecule has 0 aromatic carbocycles. The van der Waals surface area contributed by atoms with Crippen LogP contribution in [0.4, 0.5) is 0 Å². The average Bonchev–Trinajstić information content (AvgIpc) is 2.86. The van der Waals surface area contributed by atoms with Gasteiger partial charge in [0, 0.05) is 25.5 Å². The number of ether oxygens (including phenoxy) is 1. The van der Waals surface area contributed by atoms with Crippen LogP contribution in [-0.2, 0) is 14.6 Å². The van der Waals surface area contributed by atoms with Crippen molar-refractivity contribution < 1.29 is 13.2 Å². The lowest BCUT2D eigenvalue weighted by Gasteiger charge is -2.20. The molecule has 1 aliphatic heterocycles. The van der Waals surface area contributed by atoms with E-state index >= 15 is 0 Å². The number of nitrogens with one attached hydrogen (secondary N) is 1. The Balaban J connectivity index is 1.74. The third-order valence-corrected chi connectivity index (χ3v) is 5.65. The van der Waals surface area contributed by atoms with Gasteiger partial charge >= 0.3 is 0 Å². The fourth-order valence-corrected chi connectivity index (χ4v) is 4.38. The molecule has 100 valence electrons. The van der Waals surface area contributed by atoms with Gasteiger partial charge in [0.2, 0.25) is 0 Å². The summed E-state index contributed by atoms with van der Waals surface area (Å²) in [6.45, 7) is 2.69. The minimum atomic E-state index is -2.89. The van der Waals surface area contributed by atoms with Gasteiger partial charge in [-0.3, -0.25) is 0 Å². The van der Waals surface area contributed by atoms with E-state index in [1.807, 2.05) is 0 Å². The molecule has 2 rings (SSSR count). The van der Waals surface area contributed by atoms with Crippen LogP contribution in [-0.4, -0.2) is 45.7 Å². The SMILES string of the molecule is CS(=O)(=O)C1CCCC1NCCC1CCOC1. The maximum atomic E-state index is 11.6. The van der Waals surface area contributed by atoms with Gasteiger partial charge in [0.05, 0.1) is 5.25 Å². The van der Waals surface area contributed by atoms with Gasteiger partial charge in [0.15, 0.2) is 9.84 Å². The molecule has 2 fully saturated rings. The molecule has 17 heavy (non-hydrogen) atoms. The van der Waals surface area contributed by atoms with Crippen molar-refractivity contribution in [1.29, 1.82) is 0 Å². The Kier molecular flexibility index (Phi) is 4.44.